The molecule has 0 atom stereocenters. The van der Waals surface area contributed by atoms with Crippen molar-refractivity contribution in [1.29, 1.82) is 0 Å². The molecular formula is C15H23ClN2O2. The Labute approximate surface area is 126 Å². The van der Waals surface area contributed by atoms with E-state index in [1.54, 1.807) is 0 Å². The van der Waals surface area contributed by atoms with Crippen molar-refractivity contribution in [3.63, 3.8) is 0 Å². The van der Waals surface area contributed by atoms with Crippen LogP contribution in [0.4, 0.5) is 4.79 Å². The van der Waals surface area contributed by atoms with Crippen LogP contribution in [0.5, 0.6) is 0 Å². The highest BCUT2D eigenvalue weighted by Gasteiger charge is 2.32. The maximum atomic E-state index is 11.9. The summed E-state index contributed by atoms with van der Waals surface area (Å²) >= 11 is 0. The molecule has 0 aliphatic heterocycles. The molecule has 1 aliphatic rings. The fraction of sp³-hybridized carbons (Fsp3) is 0.533. The monoisotopic (exact) mass is 298 g/mol. The molecular weight excluding hydrogens is 276 g/mol. The van der Waals surface area contributed by atoms with Crippen LogP contribution in [0, 0.1) is 0 Å². The maximum Gasteiger partial charge on any atom is 0.407 e. The van der Waals surface area contributed by atoms with Crippen LogP contribution in [0.15, 0.2) is 30.3 Å². The Balaban J connectivity index is 0.00000200. The number of nitrogens with one attached hydrogen (secondary N) is 1. The third-order valence-electron chi connectivity index (χ3n) is 3.78. The van der Waals surface area contributed by atoms with Crippen LogP contribution in [-0.4, -0.2) is 18.2 Å². The molecule has 1 amide bonds. The molecule has 3 N–H and O–H groups in total. The Bertz CT molecular complexity index is 406. The van der Waals surface area contributed by atoms with Gasteiger partial charge in [0.1, 0.15) is 6.61 Å². The average Bonchev–Trinajstić information content (AvgIpc) is 2.47. The molecule has 0 spiro atoms. The van der Waals surface area contributed by atoms with Gasteiger partial charge in [0.15, 0.2) is 0 Å². The van der Waals surface area contributed by atoms with E-state index in [9.17, 15) is 4.79 Å². The second-order valence-electron chi connectivity index (χ2n) is 5.23. The van der Waals surface area contributed by atoms with Gasteiger partial charge in [-0.2, -0.15) is 0 Å². The Morgan fingerprint density at radius 2 is 1.85 bits per heavy atom. The topological polar surface area (TPSA) is 64.3 Å². The van der Waals surface area contributed by atoms with E-state index < -0.39 is 0 Å². The third kappa shape index (κ3) is 4.69. The molecule has 1 aromatic rings. The van der Waals surface area contributed by atoms with Gasteiger partial charge in [0.05, 0.1) is 5.54 Å². The summed E-state index contributed by atoms with van der Waals surface area (Å²) in [5.74, 6) is 0. The van der Waals surface area contributed by atoms with Gasteiger partial charge >= 0.3 is 6.09 Å². The molecule has 0 bridgehead atoms. The first-order chi connectivity index (χ1) is 9.24. The van der Waals surface area contributed by atoms with Crippen molar-refractivity contribution in [3.05, 3.63) is 35.9 Å². The zero-order valence-corrected chi connectivity index (χ0v) is 12.5. The molecule has 2 rings (SSSR count). The maximum absolute atomic E-state index is 11.9. The lowest BCUT2D eigenvalue weighted by Gasteiger charge is -2.36. The number of rotatable bonds is 4. The zero-order chi connectivity index (χ0) is 13.6. The second kappa shape index (κ2) is 8.12. The van der Waals surface area contributed by atoms with E-state index in [4.69, 9.17) is 10.5 Å². The highest BCUT2D eigenvalue weighted by Crippen LogP contribution is 2.27. The normalized spacial score (nSPS) is 16.9. The van der Waals surface area contributed by atoms with Gasteiger partial charge in [-0.25, -0.2) is 4.79 Å². The number of alkyl carbamates (subject to hydrolysis) is 1. The van der Waals surface area contributed by atoms with Gasteiger partial charge in [0, 0.05) is 6.54 Å². The summed E-state index contributed by atoms with van der Waals surface area (Å²) in [6.45, 7) is 0.779. The molecule has 20 heavy (non-hydrogen) atoms. The first-order valence-electron chi connectivity index (χ1n) is 6.93. The predicted molar refractivity (Wildman–Crippen MR) is 81.9 cm³/mol. The first-order valence-corrected chi connectivity index (χ1v) is 6.93. The average molecular weight is 299 g/mol. The SMILES string of the molecule is Cl.NCC1(NC(=O)OCc2ccccc2)CCCCC1. The second-order valence-corrected chi connectivity index (χ2v) is 5.23. The standard InChI is InChI=1S/C15H22N2O2.ClH/c16-12-15(9-5-2-6-10-15)17-14(18)19-11-13-7-3-1-4-8-13;/h1,3-4,7-8H,2,5-6,9-12,16H2,(H,17,18);1H. The molecule has 112 valence electrons. The number of hydrogen-bond acceptors (Lipinski definition) is 3. The largest absolute Gasteiger partial charge is 0.445 e. The van der Waals surface area contributed by atoms with Gasteiger partial charge in [0.2, 0.25) is 0 Å². The van der Waals surface area contributed by atoms with Gasteiger partial charge in [-0.15, -0.1) is 12.4 Å². The van der Waals surface area contributed by atoms with Crippen LogP contribution in [0.1, 0.15) is 37.7 Å². The van der Waals surface area contributed by atoms with Crippen molar-refractivity contribution in [2.75, 3.05) is 6.54 Å². The highest BCUT2D eigenvalue weighted by molar-refractivity contribution is 5.85. The third-order valence-corrected chi connectivity index (χ3v) is 3.78. The van der Waals surface area contributed by atoms with E-state index in [1.165, 1.54) is 6.42 Å². The Morgan fingerprint density at radius 1 is 1.20 bits per heavy atom. The summed E-state index contributed by atoms with van der Waals surface area (Å²) in [5.41, 5.74) is 6.55. The number of halogens is 1. The molecule has 5 heteroatoms. The molecule has 1 saturated carbocycles. The first kappa shape index (κ1) is 16.8. The van der Waals surface area contributed by atoms with Crippen LogP contribution in [0.3, 0.4) is 0 Å². The van der Waals surface area contributed by atoms with E-state index in [0.29, 0.717) is 13.2 Å². The molecule has 1 aromatic carbocycles. The van der Waals surface area contributed by atoms with Gasteiger partial charge in [0.25, 0.3) is 0 Å². The number of carbonyl (C=O) groups is 1. The molecule has 4 nitrogen and oxygen atoms in total. The highest BCUT2D eigenvalue weighted by atomic mass is 35.5. The molecule has 0 aromatic heterocycles. The summed E-state index contributed by atoms with van der Waals surface area (Å²) in [5, 5.41) is 2.97. The molecule has 0 radical (unpaired) electrons. The lowest BCUT2D eigenvalue weighted by atomic mass is 9.82. The van der Waals surface area contributed by atoms with Gasteiger partial charge in [-0.3, -0.25) is 0 Å². The van der Waals surface area contributed by atoms with Crippen LogP contribution < -0.4 is 11.1 Å². The van der Waals surface area contributed by atoms with Gasteiger partial charge in [-0.05, 0) is 18.4 Å². The summed E-state index contributed by atoms with van der Waals surface area (Å²) in [4.78, 5) is 11.9. The van der Waals surface area contributed by atoms with Crippen molar-refractivity contribution >= 4 is 18.5 Å². The minimum atomic E-state index is -0.365. The number of amides is 1. The molecule has 0 heterocycles. The minimum absolute atomic E-state index is 0. The van der Waals surface area contributed by atoms with Crippen molar-refractivity contribution in [2.45, 2.75) is 44.2 Å². The van der Waals surface area contributed by atoms with Crippen molar-refractivity contribution < 1.29 is 9.53 Å². The van der Waals surface area contributed by atoms with E-state index in [1.807, 2.05) is 30.3 Å². The summed E-state index contributed by atoms with van der Waals surface area (Å²) in [7, 11) is 0. The minimum Gasteiger partial charge on any atom is -0.445 e. The van der Waals surface area contributed by atoms with Crippen molar-refractivity contribution in [3.8, 4) is 0 Å². The van der Waals surface area contributed by atoms with Gasteiger partial charge < -0.3 is 15.8 Å². The van der Waals surface area contributed by atoms with Crippen molar-refractivity contribution in [1.82, 2.24) is 5.32 Å². The fourth-order valence-electron chi connectivity index (χ4n) is 2.58. The fourth-order valence-corrected chi connectivity index (χ4v) is 2.58. The van der Waals surface area contributed by atoms with E-state index in [-0.39, 0.29) is 24.0 Å². The summed E-state index contributed by atoms with van der Waals surface area (Å²) in [6.07, 6.45) is 5.00. The van der Waals surface area contributed by atoms with E-state index >= 15 is 0 Å². The molecule has 1 fully saturated rings. The Hall–Kier alpha value is -1.26. The zero-order valence-electron chi connectivity index (χ0n) is 11.6. The smallest absolute Gasteiger partial charge is 0.407 e. The Morgan fingerprint density at radius 3 is 2.45 bits per heavy atom. The predicted octanol–water partition coefficient (Wildman–Crippen LogP) is 3.00. The lowest BCUT2D eigenvalue weighted by Crippen LogP contribution is -2.54. The van der Waals surface area contributed by atoms with E-state index in [2.05, 4.69) is 5.32 Å². The Kier molecular flexibility index (Phi) is 6.82. The number of ether oxygens (including phenoxy) is 1. The quantitative estimate of drug-likeness (QED) is 0.898. The van der Waals surface area contributed by atoms with Crippen LogP contribution in [0.2, 0.25) is 0 Å². The number of nitrogens with two attached hydrogens (primary N) is 1. The summed E-state index contributed by atoms with van der Waals surface area (Å²) < 4.78 is 5.25. The number of carbonyl (C=O) groups excluding carboxylic acids is 1. The summed E-state index contributed by atoms with van der Waals surface area (Å²) in [6, 6.07) is 9.67. The van der Waals surface area contributed by atoms with Gasteiger partial charge in [-0.1, -0.05) is 49.6 Å². The number of benzene rings is 1. The number of hydrogen-bond donors (Lipinski definition) is 2. The lowest BCUT2D eigenvalue weighted by molar-refractivity contribution is 0.119. The van der Waals surface area contributed by atoms with Crippen LogP contribution in [0.25, 0.3) is 0 Å². The van der Waals surface area contributed by atoms with Crippen LogP contribution >= 0.6 is 12.4 Å². The van der Waals surface area contributed by atoms with Crippen LogP contribution in [-0.2, 0) is 11.3 Å². The molecule has 0 unspecified atom stereocenters. The van der Waals surface area contributed by atoms with Crippen molar-refractivity contribution in [2.24, 2.45) is 5.73 Å². The van der Waals surface area contributed by atoms with E-state index in [0.717, 1.165) is 31.2 Å². The molecule has 1 aliphatic carbocycles. The molecule has 0 saturated heterocycles.